The van der Waals surface area contributed by atoms with E-state index in [2.05, 4.69) is 11.2 Å². The van der Waals surface area contributed by atoms with Crippen LogP contribution in [0.5, 0.6) is 0 Å². The van der Waals surface area contributed by atoms with Gasteiger partial charge in [-0.05, 0) is 24.1 Å². The number of nitrogens with zero attached hydrogens (tertiary/aromatic N) is 1. The third kappa shape index (κ3) is 2.22. The van der Waals surface area contributed by atoms with Crippen LogP contribution in [0.15, 0.2) is 42.6 Å². The molecule has 1 atom stereocenters. The summed E-state index contributed by atoms with van der Waals surface area (Å²) in [5.41, 5.74) is 3.08. The van der Waals surface area contributed by atoms with Gasteiger partial charge in [-0.25, -0.2) is 0 Å². The maximum absolute atomic E-state index is 9.37. The average Bonchev–Trinajstić information content (AvgIpc) is 2.30. The molecule has 1 heterocycles. The largest absolute Gasteiger partial charge is 0.389 e. The first-order valence-corrected chi connectivity index (χ1v) is 4.88. The average molecular weight is 198 g/mol. The van der Waals surface area contributed by atoms with Crippen LogP contribution in [0.2, 0.25) is 0 Å². The zero-order valence-electron chi connectivity index (χ0n) is 8.51. The van der Waals surface area contributed by atoms with E-state index in [0.29, 0.717) is 0 Å². The van der Waals surface area contributed by atoms with Gasteiger partial charge >= 0.3 is 0 Å². The standard InChI is InChI=1S/C13H12NO/c1-10(15)11-4-6-12(7-5-11)13-3-2-8-14-9-13/h2-7,9-10,15H,1H3. The molecule has 0 aliphatic carbocycles. The summed E-state index contributed by atoms with van der Waals surface area (Å²) < 4.78 is 0. The third-order valence-corrected chi connectivity index (χ3v) is 2.34. The number of aliphatic hydroxyl groups is 1. The van der Waals surface area contributed by atoms with Crippen molar-refractivity contribution in [3.8, 4) is 11.1 Å². The third-order valence-electron chi connectivity index (χ3n) is 2.34. The number of aromatic nitrogens is 1. The lowest BCUT2D eigenvalue weighted by Crippen LogP contribution is -1.90. The molecule has 0 amide bonds. The van der Waals surface area contributed by atoms with Crippen LogP contribution < -0.4 is 0 Å². The van der Waals surface area contributed by atoms with Crippen molar-refractivity contribution in [3.05, 3.63) is 54.4 Å². The van der Waals surface area contributed by atoms with E-state index in [0.717, 1.165) is 16.7 Å². The first kappa shape index (κ1) is 9.87. The number of pyridine rings is 1. The molecule has 2 rings (SSSR count). The van der Waals surface area contributed by atoms with Crippen molar-refractivity contribution in [1.82, 2.24) is 4.98 Å². The Morgan fingerprint density at radius 2 is 1.87 bits per heavy atom. The van der Waals surface area contributed by atoms with Crippen LogP contribution in [-0.2, 0) is 0 Å². The van der Waals surface area contributed by atoms with E-state index < -0.39 is 6.10 Å². The highest BCUT2D eigenvalue weighted by Crippen LogP contribution is 2.20. The summed E-state index contributed by atoms with van der Waals surface area (Å²) in [6, 6.07) is 11.6. The molecule has 2 aromatic rings. The molecule has 1 aromatic heterocycles. The second-order valence-electron chi connectivity index (χ2n) is 3.47. The van der Waals surface area contributed by atoms with Gasteiger partial charge in [-0.15, -0.1) is 0 Å². The van der Waals surface area contributed by atoms with Gasteiger partial charge in [0.1, 0.15) is 0 Å². The summed E-state index contributed by atoms with van der Waals surface area (Å²) in [5, 5.41) is 9.37. The van der Waals surface area contributed by atoms with Crippen LogP contribution in [0.25, 0.3) is 11.1 Å². The molecule has 2 nitrogen and oxygen atoms in total. The van der Waals surface area contributed by atoms with Gasteiger partial charge in [0, 0.05) is 11.8 Å². The summed E-state index contributed by atoms with van der Waals surface area (Å²) in [4.78, 5) is 3.94. The van der Waals surface area contributed by atoms with E-state index in [1.165, 1.54) is 0 Å². The smallest absolute Gasteiger partial charge is 0.0886 e. The fraction of sp³-hybridized carbons (Fsp3) is 0.154. The van der Waals surface area contributed by atoms with Gasteiger partial charge in [-0.1, -0.05) is 30.3 Å². The quantitative estimate of drug-likeness (QED) is 0.804. The minimum absolute atomic E-state index is 0.415. The molecule has 1 unspecified atom stereocenters. The second kappa shape index (κ2) is 4.24. The summed E-state index contributed by atoms with van der Waals surface area (Å²) in [6.45, 7) is 1.76. The van der Waals surface area contributed by atoms with Gasteiger partial charge < -0.3 is 5.11 Å². The highest BCUT2D eigenvalue weighted by atomic mass is 16.3. The second-order valence-corrected chi connectivity index (χ2v) is 3.47. The Balaban J connectivity index is 2.32. The molecule has 0 spiro atoms. The van der Waals surface area contributed by atoms with Crippen molar-refractivity contribution in [3.63, 3.8) is 0 Å². The summed E-state index contributed by atoms with van der Waals surface area (Å²) in [5.74, 6) is 0. The summed E-state index contributed by atoms with van der Waals surface area (Å²) in [7, 11) is 0. The van der Waals surface area contributed by atoms with Gasteiger partial charge in [0.25, 0.3) is 0 Å². The molecular weight excluding hydrogens is 186 g/mol. The molecule has 15 heavy (non-hydrogen) atoms. The van der Waals surface area contributed by atoms with Crippen molar-refractivity contribution in [2.24, 2.45) is 0 Å². The Hall–Kier alpha value is -1.67. The molecule has 2 heteroatoms. The van der Waals surface area contributed by atoms with E-state index in [-0.39, 0.29) is 0 Å². The lowest BCUT2D eigenvalue weighted by molar-refractivity contribution is 0.199. The van der Waals surface area contributed by atoms with Crippen molar-refractivity contribution >= 4 is 0 Å². The topological polar surface area (TPSA) is 33.1 Å². The first-order valence-electron chi connectivity index (χ1n) is 4.88. The number of benzene rings is 1. The molecule has 0 aliphatic heterocycles. The van der Waals surface area contributed by atoms with Crippen molar-refractivity contribution in [2.45, 2.75) is 13.0 Å². The molecule has 1 N–H and O–H groups in total. The maximum atomic E-state index is 9.37. The fourth-order valence-corrected chi connectivity index (χ4v) is 1.44. The Labute approximate surface area is 89.2 Å². The monoisotopic (exact) mass is 198 g/mol. The minimum Gasteiger partial charge on any atom is -0.389 e. The van der Waals surface area contributed by atoms with E-state index in [1.54, 1.807) is 19.2 Å². The van der Waals surface area contributed by atoms with Crippen LogP contribution in [0, 0.1) is 6.20 Å². The van der Waals surface area contributed by atoms with Crippen molar-refractivity contribution < 1.29 is 5.11 Å². The van der Waals surface area contributed by atoms with Gasteiger partial charge in [0.05, 0.1) is 12.3 Å². The molecule has 0 saturated heterocycles. The number of hydrogen-bond donors (Lipinski definition) is 1. The van der Waals surface area contributed by atoms with Crippen LogP contribution in [0.1, 0.15) is 18.6 Å². The number of aliphatic hydroxyl groups excluding tert-OH is 1. The van der Waals surface area contributed by atoms with Crippen LogP contribution in [-0.4, -0.2) is 10.1 Å². The highest BCUT2D eigenvalue weighted by Gasteiger charge is 2.01. The van der Waals surface area contributed by atoms with E-state index >= 15 is 0 Å². The molecule has 0 aliphatic rings. The van der Waals surface area contributed by atoms with E-state index in [1.807, 2.05) is 30.3 Å². The molecule has 0 fully saturated rings. The van der Waals surface area contributed by atoms with Gasteiger partial charge in [0.2, 0.25) is 0 Å². The Kier molecular flexibility index (Phi) is 2.79. The zero-order valence-corrected chi connectivity index (χ0v) is 8.51. The van der Waals surface area contributed by atoms with Crippen LogP contribution >= 0.6 is 0 Å². The SMILES string of the molecule is CC(O)c1ccc(-c2cc[c]nc2)cc1. The Bertz CT molecular complexity index is 420. The lowest BCUT2D eigenvalue weighted by atomic mass is 10.0. The maximum Gasteiger partial charge on any atom is 0.0886 e. The molecule has 75 valence electrons. The minimum atomic E-state index is -0.415. The summed E-state index contributed by atoms with van der Waals surface area (Å²) >= 11 is 0. The zero-order chi connectivity index (χ0) is 10.7. The number of hydrogen-bond acceptors (Lipinski definition) is 2. The lowest BCUT2D eigenvalue weighted by Gasteiger charge is -2.05. The first-order chi connectivity index (χ1) is 7.27. The van der Waals surface area contributed by atoms with E-state index in [4.69, 9.17) is 0 Å². The highest BCUT2D eigenvalue weighted by molar-refractivity contribution is 5.62. The summed E-state index contributed by atoms with van der Waals surface area (Å²) in [6.07, 6.45) is 4.10. The Morgan fingerprint density at radius 3 is 2.40 bits per heavy atom. The molecular formula is C13H12NO. The van der Waals surface area contributed by atoms with E-state index in [9.17, 15) is 5.11 Å². The normalized spacial score (nSPS) is 12.4. The molecule has 1 aromatic carbocycles. The molecule has 0 saturated carbocycles. The van der Waals surface area contributed by atoms with Crippen LogP contribution in [0.4, 0.5) is 0 Å². The van der Waals surface area contributed by atoms with Crippen LogP contribution in [0.3, 0.4) is 0 Å². The predicted octanol–water partition coefficient (Wildman–Crippen LogP) is 2.60. The Morgan fingerprint density at radius 1 is 1.13 bits per heavy atom. The number of rotatable bonds is 2. The van der Waals surface area contributed by atoms with Gasteiger partial charge in [0.15, 0.2) is 0 Å². The predicted molar refractivity (Wildman–Crippen MR) is 59.1 cm³/mol. The van der Waals surface area contributed by atoms with Gasteiger partial charge in [-0.2, -0.15) is 0 Å². The fourth-order valence-electron chi connectivity index (χ4n) is 1.44. The van der Waals surface area contributed by atoms with Crippen molar-refractivity contribution in [1.29, 1.82) is 0 Å². The molecule has 1 radical (unpaired) electrons. The van der Waals surface area contributed by atoms with Crippen molar-refractivity contribution in [2.75, 3.05) is 0 Å². The van der Waals surface area contributed by atoms with Gasteiger partial charge in [-0.3, -0.25) is 4.98 Å². The molecule has 0 bridgehead atoms.